The molecule has 2 aromatic heterocycles. The number of pyridine rings is 1. The number of aromatic nitrogens is 3. The summed E-state index contributed by atoms with van der Waals surface area (Å²) in [7, 11) is 1.72. The molecule has 0 bridgehead atoms. The van der Waals surface area contributed by atoms with Crippen LogP contribution >= 0.6 is 0 Å². The van der Waals surface area contributed by atoms with Crippen molar-refractivity contribution in [2.24, 2.45) is 7.05 Å². The fourth-order valence-corrected chi connectivity index (χ4v) is 6.38. The molecule has 206 valence electrons. The van der Waals surface area contributed by atoms with Crippen LogP contribution in [0.3, 0.4) is 0 Å². The van der Waals surface area contributed by atoms with E-state index in [1.54, 1.807) is 17.7 Å². The van der Waals surface area contributed by atoms with E-state index in [1.807, 2.05) is 0 Å². The van der Waals surface area contributed by atoms with E-state index in [0.29, 0.717) is 24.7 Å². The topological polar surface area (TPSA) is 69.5 Å². The van der Waals surface area contributed by atoms with Gasteiger partial charge in [0.15, 0.2) is 5.82 Å². The zero-order chi connectivity index (χ0) is 26.8. The van der Waals surface area contributed by atoms with Crippen LogP contribution in [0.2, 0.25) is 0 Å². The molecular weight excluding hydrogens is 493 g/mol. The SMILES string of the molecule is Cn1c(N2CCN[C@@H](c3ccc(N4CCC(N5CCCCC5)CC4)cc3)C2)nc(-c2ccncc2F)cc1=O. The summed E-state index contributed by atoms with van der Waals surface area (Å²) in [6, 6.07) is 12.7. The fourth-order valence-electron chi connectivity index (χ4n) is 6.38. The summed E-state index contributed by atoms with van der Waals surface area (Å²) >= 11 is 0. The number of benzene rings is 1. The highest BCUT2D eigenvalue weighted by Crippen LogP contribution is 2.28. The molecule has 0 saturated carbocycles. The highest BCUT2D eigenvalue weighted by atomic mass is 19.1. The van der Waals surface area contributed by atoms with Crippen LogP contribution in [0.5, 0.6) is 0 Å². The third-order valence-corrected chi connectivity index (χ3v) is 8.65. The third-order valence-electron chi connectivity index (χ3n) is 8.65. The number of hydrogen-bond donors (Lipinski definition) is 1. The van der Waals surface area contributed by atoms with Crippen LogP contribution in [-0.2, 0) is 7.05 Å². The van der Waals surface area contributed by atoms with Crippen LogP contribution in [-0.4, -0.2) is 71.3 Å². The Kier molecular flexibility index (Phi) is 7.61. The van der Waals surface area contributed by atoms with E-state index in [-0.39, 0.29) is 17.2 Å². The van der Waals surface area contributed by atoms with Gasteiger partial charge in [0, 0.05) is 75.4 Å². The van der Waals surface area contributed by atoms with E-state index < -0.39 is 5.82 Å². The van der Waals surface area contributed by atoms with Crippen LogP contribution in [0.4, 0.5) is 16.0 Å². The number of nitrogens with one attached hydrogen (secondary N) is 1. The average molecular weight is 532 g/mol. The fraction of sp³-hybridized carbons (Fsp3) is 0.500. The Bertz CT molecular complexity index is 1330. The molecule has 9 heteroatoms. The molecule has 3 aromatic rings. The second kappa shape index (κ2) is 11.4. The normalized spacial score (nSPS) is 21.3. The molecule has 0 aliphatic carbocycles. The Hall–Kier alpha value is -3.30. The first-order chi connectivity index (χ1) is 19.1. The molecule has 3 saturated heterocycles. The van der Waals surface area contributed by atoms with Gasteiger partial charge >= 0.3 is 0 Å². The molecule has 0 radical (unpaired) electrons. The van der Waals surface area contributed by atoms with Gasteiger partial charge in [-0.25, -0.2) is 9.37 Å². The molecule has 3 aliphatic rings. The highest BCUT2D eigenvalue weighted by Gasteiger charge is 2.27. The van der Waals surface area contributed by atoms with Crippen molar-refractivity contribution in [3.05, 3.63) is 70.5 Å². The van der Waals surface area contributed by atoms with Gasteiger partial charge in [0.05, 0.1) is 11.9 Å². The van der Waals surface area contributed by atoms with Gasteiger partial charge in [0.25, 0.3) is 5.56 Å². The molecule has 3 aliphatic heterocycles. The first-order valence-corrected chi connectivity index (χ1v) is 14.3. The first-order valence-electron chi connectivity index (χ1n) is 14.3. The summed E-state index contributed by atoms with van der Waals surface area (Å²) < 4.78 is 15.9. The zero-order valence-electron chi connectivity index (χ0n) is 22.7. The van der Waals surface area contributed by atoms with E-state index in [1.165, 1.54) is 68.7 Å². The Balaban J connectivity index is 1.13. The minimum atomic E-state index is -0.488. The number of piperidine rings is 2. The molecular formula is C30H38FN7O. The number of anilines is 2. The minimum absolute atomic E-state index is 0.107. The van der Waals surface area contributed by atoms with E-state index in [9.17, 15) is 9.18 Å². The second-order valence-electron chi connectivity index (χ2n) is 11.1. The summed E-state index contributed by atoms with van der Waals surface area (Å²) in [4.78, 5) is 28.7. The monoisotopic (exact) mass is 531 g/mol. The maximum atomic E-state index is 14.4. The molecule has 6 rings (SSSR count). The summed E-state index contributed by atoms with van der Waals surface area (Å²) in [5.41, 5.74) is 2.91. The van der Waals surface area contributed by atoms with Gasteiger partial charge in [-0.2, -0.15) is 0 Å². The molecule has 0 spiro atoms. The molecule has 1 N–H and O–H groups in total. The minimum Gasteiger partial charge on any atom is -0.371 e. The Morgan fingerprint density at radius 1 is 0.949 bits per heavy atom. The number of piperazine rings is 1. The van der Waals surface area contributed by atoms with E-state index in [4.69, 9.17) is 4.98 Å². The largest absolute Gasteiger partial charge is 0.371 e. The van der Waals surface area contributed by atoms with Crippen molar-refractivity contribution in [1.82, 2.24) is 24.8 Å². The molecule has 39 heavy (non-hydrogen) atoms. The molecule has 1 atom stereocenters. The highest BCUT2D eigenvalue weighted by molar-refractivity contribution is 5.60. The van der Waals surface area contributed by atoms with Gasteiger partial charge in [-0.1, -0.05) is 18.6 Å². The van der Waals surface area contributed by atoms with Crippen LogP contribution in [0.1, 0.15) is 43.7 Å². The van der Waals surface area contributed by atoms with Gasteiger partial charge in [-0.15, -0.1) is 0 Å². The summed E-state index contributed by atoms with van der Waals surface area (Å²) in [6.45, 7) is 6.93. The van der Waals surface area contributed by atoms with Gasteiger partial charge in [0.2, 0.25) is 5.95 Å². The molecule has 0 unspecified atom stereocenters. The van der Waals surface area contributed by atoms with Gasteiger partial charge in [-0.3, -0.25) is 14.3 Å². The smallest absolute Gasteiger partial charge is 0.255 e. The van der Waals surface area contributed by atoms with Gasteiger partial charge in [0.1, 0.15) is 0 Å². The predicted octanol–water partition coefficient (Wildman–Crippen LogP) is 3.59. The Labute approximate surface area is 229 Å². The standard InChI is InChI=1S/C30H38FN7O/c1-35-29(39)19-27(25-9-12-32-20-26(25)31)34-30(35)38-18-13-33-28(21-38)22-5-7-23(8-6-22)37-16-10-24(11-17-37)36-14-3-2-4-15-36/h5-9,12,19-20,24,28,33H,2-4,10-11,13-18,21H2,1H3/t28-/m1/s1. The van der Waals surface area contributed by atoms with Crippen molar-refractivity contribution >= 4 is 11.6 Å². The van der Waals surface area contributed by atoms with Gasteiger partial charge < -0.3 is 20.0 Å². The van der Waals surface area contributed by atoms with E-state index in [2.05, 4.69) is 49.3 Å². The molecule has 0 amide bonds. The number of hydrogen-bond acceptors (Lipinski definition) is 7. The van der Waals surface area contributed by atoms with Crippen molar-refractivity contribution in [3.8, 4) is 11.3 Å². The lowest BCUT2D eigenvalue weighted by molar-refractivity contribution is 0.141. The van der Waals surface area contributed by atoms with Crippen molar-refractivity contribution in [2.45, 2.75) is 44.2 Å². The summed E-state index contributed by atoms with van der Waals surface area (Å²) in [5, 5.41) is 3.62. The number of nitrogens with zero attached hydrogens (tertiary/aromatic N) is 6. The second-order valence-corrected chi connectivity index (χ2v) is 11.1. The average Bonchev–Trinajstić information content (AvgIpc) is 2.99. The van der Waals surface area contributed by atoms with Crippen LogP contribution in [0.25, 0.3) is 11.3 Å². The summed E-state index contributed by atoms with van der Waals surface area (Å²) in [5.74, 6) is 0.0617. The van der Waals surface area contributed by atoms with Crippen molar-refractivity contribution in [2.75, 3.05) is 55.6 Å². The van der Waals surface area contributed by atoms with E-state index >= 15 is 0 Å². The molecule has 5 heterocycles. The van der Waals surface area contributed by atoms with Crippen LogP contribution in [0.15, 0.2) is 53.6 Å². The number of rotatable bonds is 5. The Morgan fingerprint density at radius 2 is 1.72 bits per heavy atom. The summed E-state index contributed by atoms with van der Waals surface area (Å²) in [6.07, 6.45) is 9.26. The lowest BCUT2D eigenvalue weighted by Gasteiger charge is -2.41. The van der Waals surface area contributed by atoms with Gasteiger partial charge in [-0.05, 0) is 62.5 Å². The number of likely N-dealkylation sites (tertiary alicyclic amines) is 1. The third kappa shape index (κ3) is 5.56. The molecule has 8 nitrogen and oxygen atoms in total. The van der Waals surface area contributed by atoms with Crippen LogP contribution in [0, 0.1) is 5.82 Å². The van der Waals surface area contributed by atoms with Crippen molar-refractivity contribution in [1.29, 1.82) is 0 Å². The maximum Gasteiger partial charge on any atom is 0.255 e. The zero-order valence-corrected chi connectivity index (χ0v) is 22.7. The van der Waals surface area contributed by atoms with Crippen LogP contribution < -0.4 is 20.7 Å². The molecule has 1 aromatic carbocycles. The lowest BCUT2D eigenvalue weighted by atomic mass is 9.99. The predicted molar refractivity (Wildman–Crippen MR) is 153 cm³/mol. The van der Waals surface area contributed by atoms with E-state index in [0.717, 1.165) is 31.9 Å². The first kappa shape index (κ1) is 26.0. The quantitative estimate of drug-likeness (QED) is 0.540. The number of halogens is 1. The maximum absolute atomic E-state index is 14.4. The molecule has 3 fully saturated rings. The van der Waals surface area contributed by atoms with Crippen molar-refractivity contribution < 1.29 is 4.39 Å². The lowest BCUT2D eigenvalue weighted by Crippen LogP contribution is -2.48. The van der Waals surface area contributed by atoms with Crippen molar-refractivity contribution in [3.63, 3.8) is 0 Å². The Morgan fingerprint density at radius 3 is 2.46 bits per heavy atom.